The van der Waals surface area contributed by atoms with E-state index in [1.807, 2.05) is 23.1 Å². The molecule has 2 aromatic carbocycles. The maximum atomic E-state index is 12.3. The molecule has 0 radical (unpaired) electrons. The van der Waals surface area contributed by atoms with Crippen LogP contribution in [0.2, 0.25) is 0 Å². The molecule has 3 heterocycles. The van der Waals surface area contributed by atoms with Crippen LogP contribution in [0.4, 0.5) is 11.6 Å². The molecule has 1 aliphatic carbocycles. The van der Waals surface area contributed by atoms with Crippen LogP contribution in [-0.4, -0.2) is 36.8 Å². The van der Waals surface area contributed by atoms with Gasteiger partial charge in [0, 0.05) is 53.1 Å². The summed E-state index contributed by atoms with van der Waals surface area (Å²) in [5, 5.41) is 11.2. The highest BCUT2D eigenvalue weighted by Crippen LogP contribution is 2.39. The first-order chi connectivity index (χ1) is 17.3. The molecular formula is C28H31N7O. The predicted molar refractivity (Wildman–Crippen MR) is 140 cm³/mol. The number of fused-ring (bicyclic) bond motifs is 1. The van der Waals surface area contributed by atoms with Crippen LogP contribution in [-0.2, 0) is 12.0 Å². The summed E-state index contributed by atoms with van der Waals surface area (Å²) in [6, 6.07) is 12.2. The quantitative estimate of drug-likeness (QED) is 0.400. The highest BCUT2D eigenvalue weighted by atomic mass is 16.1. The standard InChI is InChI=1S/C28H31N7O/c1-5-35-27(31-20-9-10-21-22(13-20)28(3,4)15-29-26(21)36)32-25(33-35)19-8-11-24(17(2)12-19)34-14-23(30-16-34)18-6-7-18/h8-14,16,18H,5-7,15H2,1-4H3,(H,29,36)(H,31,32,33). The predicted octanol–water partition coefficient (Wildman–Crippen LogP) is 5.10. The molecule has 1 saturated carbocycles. The van der Waals surface area contributed by atoms with E-state index in [2.05, 4.69) is 78.3 Å². The summed E-state index contributed by atoms with van der Waals surface area (Å²) < 4.78 is 3.98. The summed E-state index contributed by atoms with van der Waals surface area (Å²) >= 11 is 0. The molecule has 0 unspecified atom stereocenters. The van der Waals surface area contributed by atoms with E-state index in [9.17, 15) is 4.79 Å². The van der Waals surface area contributed by atoms with Gasteiger partial charge < -0.3 is 15.2 Å². The monoisotopic (exact) mass is 481 g/mol. The molecule has 0 atom stereocenters. The van der Waals surface area contributed by atoms with E-state index in [4.69, 9.17) is 10.1 Å². The van der Waals surface area contributed by atoms with Crippen molar-refractivity contribution in [3.05, 3.63) is 71.3 Å². The minimum absolute atomic E-state index is 0.0202. The summed E-state index contributed by atoms with van der Waals surface area (Å²) in [5.41, 5.74) is 6.93. The second-order valence-electron chi connectivity index (χ2n) is 10.5. The molecule has 2 N–H and O–H groups in total. The molecule has 1 aliphatic heterocycles. The molecule has 2 aromatic heterocycles. The molecule has 1 amide bonds. The van der Waals surface area contributed by atoms with E-state index in [0.29, 0.717) is 30.8 Å². The van der Waals surface area contributed by atoms with Crippen LogP contribution in [0, 0.1) is 6.92 Å². The maximum Gasteiger partial charge on any atom is 0.251 e. The molecular weight excluding hydrogens is 450 g/mol. The molecule has 0 bridgehead atoms. The summed E-state index contributed by atoms with van der Waals surface area (Å²) in [6.07, 6.45) is 6.55. The Morgan fingerprint density at radius 3 is 2.75 bits per heavy atom. The lowest BCUT2D eigenvalue weighted by atomic mass is 9.79. The number of carbonyl (C=O) groups is 1. The number of amides is 1. The van der Waals surface area contributed by atoms with Crippen LogP contribution in [0.1, 0.15) is 66.7 Å². The van der Waals surface area contributed by atoms with Crippen molar-refractivity contribution < 1.29 is 4.79 Å². The normalized spacial score (nSPS) is 16.5. The number of nitrogens with zero attached hydrogens (tertiary/aromatic N) is 5. The van der Waals surface area contributed by atoms with Crippen molar-refractivity contribution in [1.82, 2.24) is 29.6 Å². The van der Waals surface area contributed by atoms with Crippen molar-refractivity contribution in [2.24, 2.45) is 0 Å². The molecule has 1 fully saturated rings. The van der Waals surface area contributed by atoms with Crippen LogP contribution >= 0.6 is 0 Å². The van der Waals surface area contributed by atoms with Crippen molar-refractivity contribution in [2.45, 2.75) is 58.4 Å². The second kappa shape index (κ2) is 8.33. The lowest BCUT2D eigenvalue weighted by Crippen LogP contribution is -2.43. The Morgan fingerprint density at radius 2 is 2.00 bits per heavy atom. The third kappa shape index (κ3) is 3.96. The first kappa shape index (κ1) is 22.5. The lowest BCUT2D eigenvalue weighted by molar-refractivity contribution is 0.0930. The van der Waals surface area contributed by atoms with Crippen LogP contribution in [0.3, 0.4) is 0 Å². The zero-order valence-electron chi connectivity index (χ0n) is 21.2. The number of carbonyl (C=O) groups excluding carboxylic acids is 1. The number of imidazole rings is 1. The molecule has 0 saturated heterocycles. The third-order valence-electron chi connectivity index (χ3n) is 7.24. The minimum Gasteiger partial charge on any atom is -0.351 e. The molecule has 0 spiro atoms. The zero-order chi connectivity index (χ0) is 25.0. The van der Waals surface area contributed by atoms with Crippen LogP contribution < -0.4 is 10.6 Å². The van der Waals surface area contributed by atoms with Gasteiger partial charge in [-0.25, -0.2) is 9.67 Å². The Labute approximate surface area is 210 Å². The van der Waals surface area contributed by atoms with E-state index in [1.165, 1.54) is 18.5 Å². The van der Waals surface area contributed by atoms with Gasteiger partial charge in [-0.1, -0.05) is 13.8 Å². The highest BCUT2D eigenvalue weighted by molar-refractivity contribution is 5.98. The topological polar surface area (TPSA) is 89.7 Å². The van der Waals surface area contributed by atoms with Crippen molar-refractivity contribution in [3.8, 4) is 17.1 Å². The van der Waals surface area contributed by atoms with Gasteiger partial charge in [0.25, 0.3) is 5.91 Å². The summed E-state index contributed by atoms with van der Waals surface area (Å²) in [7, 11) is 0. The van der Waals surface area contributed by atoms with E-state index in [-0.39, 0.29) is 11.3 Å². The maximum absolute atomic E-state index is 12.3. The van der Waals surface area contributed by atoms with Crippen LogP contribution in [0.25, 0.3) is 17.1 Å². The Hall–Kier alpha value is -3.94. The summed E-state index contributed by atoms with van der Waals surface area (Å²) in [6.45, 7) is 9.75. The Bertz CT molecular complexity index is 1480. The number of nitrogens with one attached hydrogen (secondary N) is 2. The number of hydrogen-bond acceptors (Lipinski definition) is 5. The van der Waals surface area contributed by atoms with Crippen LogP contribution in [0.5, 0.6) is 0 Å². The molecule has 4 aromatic rings. The fraction of sp³-hybridized carbons (Fsp3) is 0.357. The van der Waals surface area contributed by atoms with Gasteiger partial charge in [-0.2, -0.15) is 4.98 Å². The minimum atomic E-state index is -0.140. The van der Waals surface area contributed by atoms with Crippen molar-refractivity contribution in [3.63, 3.8) is 0 Å². The first-order valence-electron chi connectivity index (χ1n) is 12.6. The lowest BCUT2D eigenvalue weighted by Gasteiger charge is -2.32. The number of benzene rings is 2. The number of hydrogen-bond donors (Lipinski definition) is 2. The molecule has 8 heteroatoms. The fourth-order valence-corrected chi connectivity index (χ4v) is 4.92. The third-order valence-corrected chi connectivity index (χ3v) is 7.24. The van der Waals surface area contributed by atoms with Crippen molar-refractivity contribution in [1.29, 1.82) is 0 Å². The highest BCUT2D eigenvalue weighted by Gasteiger charge is 2.31. The summed E-state index contributed by atoms with van der Waals surface area (Å²) in [5.74, 6) is 1.97. The smallest absolute Gasteiger partial charge is 0.251 e. The Morgan fingerprint density at radius 1 is 1.17 bits per heavy atom. The van der Waals surface area contributed by atoms with Gasteiger partial charge in [-0.3, -0.25) is 4.79 Å². The first-order valence-corrected chi connectivity index (χ1v) is 12.6. The summed E-state index contributed by atoms with van der Waals surface area (Å²) in [4.78, 5) is 21.7. The van der Waals surface area contributed by atoms with Gasteiger partial charge >= 0.3 is 0 Å². The molecule has 2 aliphatic rings. The largest absolute Gasteiger partial charge is 0.351 e. The molecule has 36 heavy (non-hydrogen) atoms. The fourth-order valence-electron chi connectivity index (χ4n) is 4.92. The van der Waals surface area contributed by atoms with Gasteiger partial charge in [0.15, 0.2) is 5.82 Å². The SMILES string of the molecule is CCn1nc(-c2ccc(-n3cnc(C4CC4)c3)c(C)c2)nc1Nc1ccc2c(c1)C(C)(C)CNC2=O. The Kier molecular flexibility index (Phi) is 5.21. The van der Waals surface area contributed by atoms with Crippen molar-refractivity contribution in [2.75, 3.05) is 11.9 Å². The zero-order valence-corrected chi connectivity index (χ0v) is 21.2. The van der Waals surface area contributed by atoms with E-state index in [0.717, 1.165) is 33.6 Å². The van der Waals surface area contributed by atoms with Gasteiger partial charge in [-0.05, 0) is 74.2 Å². The molecule has 6 rings (SSSR count). The molecule has 8 nitrogen and oxygen atoms in total. The van der Waals surface area contributed by atoms with Crippen molar-refractivity contribution >= 4 is 17.5 Å². The average Bonchev–Trinajstić information content (AvgIpc) is 3.46. The van der Waals surface area contributed by atoms with Gasteiger partial charge in [0.05, 0.1) is 12.0 Å². The van der Waals surface area contributed by atoms with Crippen LogP contribution in [0.15, 0.2) is 48.9 Å². The Balaban J connectivity index is 1.28. The number of anilines is 2. The van der Waals surface area contributed by atoms with Gasteiger partial charge in [0.2, 0.25) is 5.95 Å². The van der Waals surface area contributed by atoms with E-state index >= 15 is 0 Å². The van der Waals surface area contributed by atoms with E-state index in [1.54, 1.807) is 0 Å². The number of aromatic nitrogens is 5. The molecule has 184 valence electrons. The van der Waals surface area contributed by atoms with Gasteiger partial charge in [-0.15, -0.1) is 5.10 Å². The number of aryl methyl sites for hydroxylation is 2. The second-order valence-corrected chi connectivity index (χ2v) is 10.5. The van der Waals surface area contributed by atoms with E-state index < -0.39 is 0 Å². The van der Waals surface area contributed by atoms with Gasteiger partial charge in [0.1, 0.15) is 0 Å². The average molecular weight is 482 g/mol. The number of rotatable bonds is 6.